The van der Waals surface area contributed by atoms with Gasteiger partial charge in [-0.2, -0.15) is 0 Å². The van der Waals surface area contributed by atoms with Crippen LogP contribution in [0.5, 0.6) is 5.75 Å². The van der Waals surface area contributed by atoms with Crippen LogP contribution < -0.4 is 10.1 Å². The molecule has 2 aromatic carbocycles. The minimum absolute atomic E-state index is 0.0232. The number of fused-ring (bicyclic) bond motifs is 1. The Bertz CT molecular complexity index is 882. The third-order valence-corrected chi connectivity index (χ3v) is 4.80. The normalized spacial score (nSPS) is 12.5. The zero-order valence-corrected chi connectivity index (χ0v) is 16.1. The van der Waals surface area contributed by atoms with Crippen molar-refractivity contribution in [1.29, 1.82) is 0 Å². The standard InChI is InChI=1S/C22H24N2O5/c25-19(17-9-10-20-18(14-17)23-21(26)15-29-20)8-4-5-12-24(22(27)28)13-11-16-6-2-1-3-7-16/h1-3,6-7,9-10,14H,4-5,8,11-13,15H2,(H,23,26)(H,27,28). The Hall–Kier alpha value is -3.35. The van der Waals surface area contributed by atoms with Gasteiger partial charge in [0.1, 0.15) is 5.75 Å². The van der Waals surface area contributed by atoms with Crippen molar-refractivity contribution < 1.29 is 24.2 Å². The van der Waals surface area contributed by atoms with Crippen LogP contribution in [0.3, 0.4) is 0 Å². The summed E-state index contributed by atoms with van der Waals surface area (Å²) in [6, 6.07) is 14.7. The monoisotopic (exact) mass is 396 g/mol. The second-order valence-electron chi connectivity index (χ2n) is 6.93. The molecule has 2 N–H and O–H groups in total. The van der Waals surface area contributed by atoms with E-state index in [-0.39, 0.29) is 18.3 Å². The minimum Gasteiger partial charge on any atom is -0.482 e. The minimum atomic E-state index is -0.947. The van der Waals surface area contributed by atoms with Crippen LogP contribution >= 0.6 is 0 Å². The van der Waals surface area contributed by atoms with Gasteiger partial charge in [-0.25, -0.2) is 4.79 Å². The summed E-state index contributed by atoms with van der Waals surface area (Å²) in [5, 5.41) is 12.1. The lowest BCUT2D eigenvalue weighted by Crippen LogP contribution is -2.32. The maximum atomic E-state index is 12.4. The van der Waals surface area contributed by atoms with Gasteiger partial charge in [-0.1, -0.05) is 30.3 Å². The maximum absolute atomic E-state index is 12.4. The van der Waals surface area contributed by atoms with Crippen LogP contribution in [0, 0.1) is 0 Å². The number of carbonyl (C=O) groups excluding carboxylic acids is 2. The molecule has 7 heteroatoms. The average Bonchev–Trinajstić information content (AvgIpc) is 2.72. The van der Waals surface area contributed by atoms with Crippen molar-refractivity contribution in [2.24, 2.45) is 0 Å². The van der Waals surface area contributed by atoms with Crippen LogP contribution in [0.2, 0.25) is 0 Å². The Kier molecular flexibility index (Phi) is 6.84. The quantitative estimate of drug-likeness (QED) is 0.499. The van der Waals surface area contributed by atoms with Crippen molar-refractivity contribution in [2.75, 3.05) is 25.0 Å². The molecular weight excluding hydrogens is 372 g/mol. The van der Waals surface area contributed by atoms with Crippen LogP contribution in [0.15, 0.2) is 48.5 Å². The predicted octanol–water partition coefficient (Wildman–Crippen LogP) is 3.59. The van der Waals surface area contributed by atoms with E-state index in [0.717, 1.165) is 5.56 Å². The molecule has 1 heterocycles. The van der Waals surface area contributed by atoms with Crippen molar-refractivity contribution >= 4 is 23.5 Å². The number of hydrogen-bond donors (Lipinski definition) is 2. The third-order valence-electron chi connectivity index (χ3n) is 4.80. The molecule has 29 heavy (non-hydrogen) atoms. The van der Waals surface area contributed by atoms with Gasteiger partial charge < -0.3 is 20.1 Å². The SMILES string of the molecule is O=C1COc2ccc(C(=O)CCCCN(CCc3ccccc3)C(=O)O)cc2N1. The number of nitrogens with zero attached hydrogens (tertiary/aromatic N) is 1. The molecule has 0 spiro atoms. The van der Waals surface area contributed by atoms with Gasteiger partial charge in [-0.15, -0.1) is 0 Å². The fourth-order valence-corrected chi connectivity index (χ4v) is 3.20. The fraction of sp³-hybridized carbons (Fsp3) is 0.318. The Morgan fingerprint density at radius 1 is 1.07 bits per heavy atom. The molecule has 0 saturated carbocycles. The molecule has 7 nitrogen and oxygen atoms in total. The maximum Gasteiger partial charge on any atom is 0.407 e. The number of benzene rings is 2. The average molecular weight is 396 g/mol. The highest BCUT2D eigenvalue weighted by atomic mass is 16.5. The molecule has 0 radical (unpaired) electrons. The number of nitrogens with one attached hydrogen (secondary N) is 1. The molecule has 2 amide bonds. The Morgan fingerprint density at radius 2 is 1.86 bits per heavy atom. The molecule has 152 valence electrons. The molecule has 0 atom stereocenters. The van der Waals surface area contributed by atoms with Gasteiger partial charge in [-0.3, -0.25) is 9.59 Å². The number of ether oxygens (including phenoxy) is 1. The molecule has 1 aliphatic heterocycles. The van der Waals surface area contributed by atoms with E-state index in [1.807, 2.05) is 30.3 Å². The zero-order chi connectivity index (χ0) is 20.6. The number of carbonyl (C=O) groups is 3. The molecular formula is C22H24N2O5. The number of Topliss-reactive ketones (excluding diaryl/α,β-unsaturated/α-hetero) is 1. The van der Waals surface area contributed by atoms with E-state index in [1.165, 1.54) is 4.90 Å². The number of hydrogen-bond acceptors (Lipinski definition) is 4. The van der Waals surface area contributed by atoms with Crippen LogP contribution in [0.4, 0.5) is 10.5 Å². The molecule has 0 unspecified atom stereocenters. The molecule has 1 aliphatic rings. The lowest BCUT2D eigenvalue weighted by Gasteiger charge is -2.19. The molecule has 2 aromatic rings. The fourth-order valence-electron chi connectivity index (χ4n) is 3.20. The third kappa shape index (κ3) is 5.81. The second kappa shape index (κ2) is 9.73. The largest absolute Gasteiger partial charge is 0.482 e. The molecule has 0 aromatic heterocycles. The Balaban J connectivity index is 1.45. The van der Waals surface area contributed by atoms with Gasteiger partial charge in [-0.05, 0) is 43.0 Å². The molecule has 0 bridgehead atoms. The Labute approximate surface area is 169 Å². The predicted molar refractivity (Wildman–Crippen MR) is 108 cm³/mol. The summed E-state index contributed by atoms with van der Waals surface area (Å²) < 4.78 is 5.29. The number of rotatable bonds is 9. The van der Waals surface area contributed by atoms with Gasteiger partial charge in [0.15, 0.2) is 12.4 Å². The molecule has 0 saturated heterocycles. The van der Waals surface area contributed by atoms with Gasteiger partial charge >= 0.3 is 6.09 Å². The lowest BCUT2D eigenvalue weighted by atomic mass is 10.0. The van der Waals surface area contributed by atoms with Crippen molar-refractivity contribution in [2.45, 2.75) is 25.7 Å². The highest BCUT2D eigenvalue weighted by Gasteiger charge is 2.18. The van der Waals surface area contributed by atoms with E-state index in [9.17, 15) is 19.5 Å². The summed E-state index contributed by atoms with van der Waals surface area (Å²) in [5.74, 6) is 0.266. The molecule has 0 fully saturated rings. The first-order valence-corrected chi connectivity index (χ1v) is 9.64. The van der Waals surface area contributed by atoms with Crippen molar-refractivity contribution in [3.63, 3.8) is 0 Å². The summed E-state index contributed by atoms with van der Waals surface area (Å²) in [7, 11) is 0. The zero-order valence-electron chi connectivity index (χ0n) is 16.1. The molecule has 3 rings (SSSR count). The highest BCUT2D eigenvalue weighted by Crippen LogP contribution is 2.29. The van der Waals surface area contributed by atoms with E-state index in [1.54, 1.807) is 18.2 Å². The molecule has 0 aliphatic carbocycles. The van der Waals surface area contributed by atoms with Gasteiger partial charge in [0.05, 0.1) is 5.69 Å². The first kappa shape index (κ1) is 20.4. The van der Waals surface area contributed by atoms with Crippen molar-refractivity contribution in [3.8, 4) is 5.75 Å². The van der Waals surface area contributed by atoms with E-state index in [2.05, 4.69) is 5.32 Å². The number of ketones is 1. The van der Waals surface area contributed by atoms with Crippen LogP contribution in [-0.4, -0.2) is 47.5 Å². The smallest absolute Gasteiger partial charge is 0.407 e. The van der Waals surface area contributed by atoms with E-state index < -0.39 is 6.09 Å². The second-order valence-corrected chi connectivity index (χ2v) is 6.93. The van der Waals surface area contributed by atoms with Crippen molar-refractivity contribution in [3.05, 3.63) is 59.7 Å². The van der Waals surface area contributed by atoms with Crippen LogP contribution in [0.1, 0.15) is 35.2 Å². The van der Waals surface area contributed by atoms with Gasteiger partial charge in [0.25, 0.3) is 5.91 Å². The lowest BCUT2D eigenvalue weighted by molar-refractivity contribution is -0.118. The first-order valence-electron chi connectivity index (χ1n) is 9.64. The van der Waals surface area contributed by atoms with Crippen molar-refractivity contribution in [1.82, 2.24) is 4.90 Å². The van der Waals surface area contributed by atoms with Gasteiger partial charge in [0.2, 0.25) is 0 Å². The Morgan fingerprint density at radius 3 is 2.62 bits per heavy atom. The summed E-state index contributed by atoms with van der Waals surface area (Å²) in [5.41, 5.74) is 2.11. The first-order chi connectivity index (χ1) is 14.0. The van der Waals surface area contributed by atoms with E-state index in [4.69, 9.17) is 4.74 Å². The number of unbranched alkanes of at least 4 members (excludes halogenated alkanes) is 1. The van der Waals surface area contributed by atoms with E-state index >= 15 is 0 Å². The number of anilines is 1. The summed E-state index contributed by atoms with van der Waals surface area (Å²) in [6.45, 7) is 0.798. The highest BCUT2D eigenvalue weighted by molar-refractivity contribution is 6.00. The summed E-state index contributed by atoms with van der Waals surface area (Å²) in [6.07, 6.45) is 1.23. The van der Waals surface area contributed by atoms with Crippen LogP contribution in [0.25, 0.3) is 0 Å². The topological polar surface area (TPSA) is 95.9 Å². The summed E-state index contributed by atoms with van der Waals surface area (Å²) >= 11 is 0. The summed E-state index contributed by atoms with van der Waals surface area (Å²) in [4.78, 5) is 36.7. The number of carboxylic acid groups (broad SMARTS) is 1. The number of amides is 2. The van der Waals surface area contributed by atoms with E-state index in [0.29, 0.717) is 55.8 Å². The van der Waals surface area contributed by atoms with Crippen LogP contribution in [-0.2, 0) is 11.2 Å². The van der Waals surface area contributed by atoms with Gasteiger partial charge in [0, 0.05) is 25.1 Å².